The van der Waals surface area contributed by atoms with Crippen molar-refractivity contribution in [1.29, 1.82) is 0 Å². The molecule has 1 aliphatic heterocycles. The van der Waals surface area contributed by atoms with Crippen LogP contribution in [-0.4, -0.2) is 50.6 Å². The van der Waals surface area contributed by atoms with Crippen LogP contribution in [0.5, 0.6) is 11.5 Å². The van der Waals surface area contributed by atoms with Crippen LogP contribution >= 0.6 is 0 Å². The molecular formula is C24H23FN2O4. The number of halogens is 1. The highest BCUT2D eigenvalue weighted by Gasteiger charge is 2.51. The molecule has 1 N–H and O–H groups in total. The van der Waals surface area contributed by atoms with E-state index in [1.807, 2.05) is 36.4 Å². The third kappa shape index (κ3) is 4.03. The third-order valence-corrected chi connectivity index (χ3v) is 5.61. The van der Waals surface area contributed by atoms with Gasteiger partial charge in [0.05, 0.1) is 7.11 Å². The first-order valence-electron chi connectivity index (χ1n) is 9.92. The zero-order valence-corrected chi connectivity index (χ0v) is 17.4. The summed E-state index contributed by atoms with van der Waals surface area (Å²) >= 11 is 0. The number of carbonyl (C=O) groups excluding carboxylic acids is 2. The van der Waals surface area contributed by atoms with Gasteiger partial charge in [-0.3, -0.25) is 9.59 Å². The van der Waals surface area contributed by atoms with Crippen molar-refractivity contribution in [2.24, 2.45) is 5.41 Å². The lowest BCUT2D eigenvalue weighted by molar-refractivity contribution is -0.141. The molecule has 0 unspecified atom stereocenters. The minimum atomic E-state index is -0.834. The van der Waals surface area contributed by atoms with Crippen molar-refractivity contribution in [2.75, 3.05) is 33.9 Å². The molecular weight excluding hydrogens is 399 g/mol. The number of carbonyl (C=O) groups is 2. The minimum absolute atomic E-state index is 0.140. The maximum Gasteiger partial charge on any atom is 0.253 e. The average molecular weight is 422 g/mol. The molecule has 7 heteroatoms. The lowest BCUT2D eigenvalue weighted by Gasteiger charge is -2.48. The van der Waals surface area contributed by atoms with Gasteiger partial charge in [-0.05, 0) is 59.3 Å². The van der Waals surface area contributed by atoms with Gasteiger partial charge in [0, 0.05) is 25.7 Å². The minimum Gasteiger partial charge on any atom is -0.497 e. The molecule has 4 rings (SSSR count). The number of hydrogen-bond acceptors (Lipinski definition) is 4. The summed E-state index contributed by atoms with van der Waals surface area (Å²) < 4.78 is 24.3. The van der Waals surface area contributed by atoms with Crippen molar-refractivity contribution >= 4 is 22.6 Å². The highest BCUT2D eigenvalue weighted by Crippen LogP contribution is 2.34. The Morgan fingerprint density at radius 3 is 2.23 bits per heavy atom. The first-order chi connectivity index (χ1) is 14.9. The van der Waals surface area contributed by atoms with Gasteiger partial charge in [-0.15, -0.1) is 0 Å². The molecule has 2 amide bonds. The van der Waals surface area contributed by atoms with E-state index in [2.05, 4.69) is 5.32 Å². The number of likely N-dealkylation sites (tertiary alicyclic amines) is 1. The largest absolute Gasteiger partial charge is 0.497 e. The van der Waals surface area contributed by atoms with Crippen molar-refractivity contribution in [3.05, 3.63) is 72.0 Å². The second-order valence-corrected chi connectivity index (χ2v) is 7.69. The van der Waals surface area contributed by atoms with Crippen LogP contribution in [0, 0.1) is 11.2 Å². The van der Waals surface area contributed by atoms with Crippen LogP contribution in [0.2, 0.25) is 0 Å². The van der Waals surface area contributed by atoms with Crippen LogP contribution in [0.25, 0.3) is 10.8 Å². The maximum atomic E-state index is 13.1. The van der Waals surface area contributed by atoms with E-state index >= 15 is 0 Å². The summed E-state index contributed by atoms with van der Waals surface area (Å²) in [5, 5.41) is 4.69. The van der Waals surface area contributed by atoms with E-state index in [-0.39, 0.29) is 31.5 Å². The predicted molar refractivity (Wildman–Crippen MR) is 115 cm³/mol. The van der Waals surface area contributed by atoms with Crippen LogP contribution in [0.1, 0.15) is 10.4 Å². The summed E-state index contributed by atoms with van der Waals surface area (Å²) in [6.07, 6.45) is 0. The number of amides is 2. The van der Waals surface area contributed by atoms with Gasteiger partial charge in [0.1, 0.15) is 29.3 Å². The summed E-state index contributed by atoms with van der Waals surface area (Å²) in [4.78, 5) is 26.8. The lowest BCUT2D eigenvalue weighted by atomic mass is 9.79. The van der Waals surface area contributed by atoms with Crippen LogP contribution in [-0.2, 0) is 4.79 Å². The number of nitrogens with one attached hydrogen (secondary N) is 1. The molecule has 1 saturated heterocycles. The van der Waals surface area contributed by atoms with E-state index < -0.39 is 11.2 Å². The number of methoxy groups -OCH3 is 1. The molecule has 0 radical (unpaired) electrons. The second kappa shape index (κ2) is 8.26. The van der Waals surface area contributed by atoms with E-state index in [0.717, 1.165) is 16.5 Å². The molecule has 0 bridgehead atoms. The first kappa shape index (κ1) is 20.7. The molecule has 3 aromatic rings. The molecule has 1 heterocycles. The maximum absolute atomic E-state index is 13.1. The standard InChI is InChI=1S/C24H23FN2O4/c1-26-23(29)24(13-27(14-24)22(28)16-3-7-19(25)8-4-16)15-31-21-10-6-17-11-20(30-2)9-5-18(17)12-21/h3-12H,13-15H2,1-2H3,(H,26,29). The number of hydrogen-bond donors (Lipinski definition) is 1. The van der Waals surface area contributed by atoms with Gasteiger partial charge in [0.2, 0.25) is 5.91 Å². The fourth-order valence-electron chi connectivity index (χ4n) is 3.81. The van der Waals surface area contributed by atoms with Crippen molar-refractivity contribution in [3.8, 4) is 11.5 Å². The lowest BCUT2D eigenvalue weighted by Crippen LogP contribution is -2.66. The van der Waals surface area contributed by atoms with E-state index in [0.29, 0.717) is 11.3 Å². The zero-order valence-electron chi connectivity index (χ0n) is 17.4. The molecule has 1 aliphatic rings. The molecule has 0 saturated carbocycles. The highest BCUT2D eigenvalue weighted by molar-refractivity contribution is 5.97. The Morgan fingerprint density at radius 2 is 1.61 bits per heavy atom. The quantitative estimate of drug-likeness (QED) is 0.662. The summed E-state index contributed by atoms with van der Waals surface area (Å²) in [6, 6.07) is 16.8. The summed E-state index contributed by atoms with van der Waals surface area (Å²) in [6.45, 7) is 0.600. The molecule has 160 valence electrons. The Hall–Kier alpha value is -3.61. The normalized spacial score (nSPS) is 14.6. The van der Waals surface area contributed by atoms with Crippen molar-refractivity contribution in [2.45, 2.75) is 0 Å². The summed E-state index contributed by atoms with van der Waals surface area (Å²) in [5.74, 6) is 0.604. The van der Waals surface area contributed by atoms with Crippen molar-refractivity contribution in [1.82, 2.24) is 10.2 Å². The third-order valence-electron chi connectivity index (χ3n) is 5.61. The molecule has 6 nitrogen and oxygen atoms in total. The summed E-state index contributed by atoms with van der Waals surface area (Å²) in [7, 11) is 3.19. The molecule has 1 fully saturated rings. The van der Waals surface area contributed by atoms with Gasteiger partial charge in [-0.25, -0.2) is 4.39 Å². The average Bonchev–Trinajstić information content (AvgIpc) is 2.77. The van der Waals surface area contributed by atoms with Gasteiger partial charge in [0.15, 0.2) is 0 Å². The molecule has 31 heavy (non-hydrogen) atoms. The Morgan fingerprint density at radius 1 is 1.00 bits per heavy atom. The fourth-order valence-corrected chi connectivity index (χ4v) is 3.81. The number of fused-ring (bicyclic) bond motifs is 1. The molecule has 0 spiro atoms. The predicted octanol–water partition coefficient (Wildman–Crippen LogP) is 3.25. The zero-order chi connectivity index (χ0) is 22.0. The Labute approximate surface area is 179 Å². The number of benzene rings is 3. The van der Waals surface area contributed by atoms with Crippen LogP contribution in [0.3, 0.4) is 0 Å². The molecule has 0 atom stereocenters. The van der Waals surface area contributed by atoms with E-state index in [1.165, 1.54) is 24.3 Å². The number of ether oxygens (including phenoxy) is 2. The first-order valence-corrected chi connectivity index (χ1v) is 9.92. The Bertz CT molecular complexity index is 1120. The molecule has 0 aromatic heterocycles. The van der Waals surface area contributed by atoms with E-state index in [4.69, 9.17) is 9.47 Å². The topological polar surface area (TPSA) is 67.9 Å². The van der Waals surface area contributed by atoms with E-state index in [1.54, 1.807) is 19.1 Å². The monoisotopic (exact) mass is 422 g/mol. The summed E-state index contributed by atoms with van der Waals surface area (Å²) in [5.41, 5.74) is -0.447. The van der Waals surface area contributed by atoms with E-state index in [9.17, 15) is 14.0 Å². The van der Waals surface area contributed by atoms with Gasteiger partial charge >= 0.3 is 0 Å². The van der Waals surface area contributed by atoms with Crippen molar-refractivity contribution < 1.29 is 23.5 Å². The Balaban J connectivity index is 1.46. The molecule has 3 aromatic carbocycles. The smallest absolute Gasteiger partial charge is 0.253 e. The van der Waals surface area contributed by atoms with Crippen molar-refractivity contribution in [3.63, 3.8) is 0 Å². The van der Waals surface area contributed by atoms with Crippen LogP contribution < -0.4 is 14.8 Å². The number of rotatable bonds is 6. The number of nitrogens with zero attached hydrogens (tertiary/aromatic N) is 1. The van der Waals surface area contributed by atoms with Gasteiger partial charge in [-0.2, -0.15) is 0 Å². The van der Waals surface area contributed by atoms with Crippen LogP contribution in [0.15, 0.2) is 60.7 Å². The second-order valence-electron chi connectivity index (χ2n) is 7.69. The Kier molecular flexibility index (Phi) is 5.50. The van der Waals surface area contributed by atoms with Crippen LogP contribution in [0.4, 0.5) is 4.39 Å². The van der Waals surface area contributed by atoms with Gasteiger partial charge < -0.3 is 19.7 Å². The van der Waals surface area contributed by atoms with Gasteiger partial charge in [0.25, 0.3) is 5.91 Å². The molecule has 0 aliphatic carbocycles. The van der Waals surface area contributed by atoms with Gasteiger partial charge in [-0.1, -0.05) is 12.1 Å². The highest BCUT2D eigenvalue weighted by atomic mass is 19.1. The SMILES string of the molecule is CNC(=O)C1(COc2ccc3cc(OC)ccc3c2)CN(C(=O)c2ccc(F)cc2)C1. The fraction of sp³-hybridized carbons (Fsp3) is 0.250.